The Balaban J connectivity index is 0.00000225. The molecule has 0 heterocycles. The minimum Gasteiger partial charge on any atom is -0.412 e. The summed E-state index contributed by atoms with van der Waals surface area (Å²) in [5.41, 5.74) is 4.72. The quantitative estimate of drug-likeness (QED) is 0.564. The summed E-state index contributed by atoms with van der Waals surface area (Å²) in [7, 11) is 0. The Hall–Kier alpha value is -0.900. The van der Waals surface area contributed by atoms with Crippen LogP contribution in [0.1, 0.15) is 98.3 Å². The van der Waals surface area contributed by atoms with E-state index in [4.69, 9.17) is 0 Å². The van der Waals surface area contributed by atoms with Gasteiger partial charge in [-0.05, 0) is 86.0 Å². The molecule has 0 aromatic heterocycles. The zero-order valence-corrected chi connectivity index (χ0v) is 20.0. The van der Waals surface area contributed by atoms with Crippen LogP contribution in [-0.4, -0.2) is 22.2 Å². The van der Waals surface area contributed by atoms with E-state index in [1.807, 2.05) is 0 Å². The molecule has 0 unspecified atom stereocenters. The van der Waals surface area contributed by atoms with Crippen LogP contribution in [0.4, 0.5) is 0 Å². The van der Waals surface area contributed by atoms with E-state index in [1.54, 1.807) is 5.57 Å². The topological polar surface area (TPSA) is 83.2 Å². The molecule has 30 heavy (non-hydrogen) atoms. The molecule has 0 radical (unpaired) electrons. The summed E-state index contributed by atoms with van der Waals surface area (Å²) in [6, 6.07) is 0. The monoisotopic (exact) mass is 420 g/mol. The highest BCUT2D eigenvalue weighted by Gasteiger charge is 2.50. The van der Waals surface area contributed by atoms with Crippen LogP contribution in [0.15, 0.2) is 35.5 Å². The molecule has 3 nitrogen and oxygen atoms in total. The van der Waals surface area contributed by atoms with Gasteiger partial charge in [-0.15, -0.1) is 0 Å². The molecule has 0 bridgehead atoms. The first-order valence-corrected chi connectivity index (χ1v) is 12.1. The van der Waals surface area contributed by atoms with Gasteiger partial charge < -0.3 is 16.1 Å². The molecule has 3 aliphatic carbocycles. The number of rotatable bonds is 6. The molecule has 5 N–H and O–H groups in total. The first kappa shape index (κ1) is 27.1. The molecule has 3 fully saturated rings. The van der Waals surface area contributed by atoms with E-state index in [9.17, 15) is 5.11 Å². The smallest absolute Gasteiger partial charge is 0.0583 e. The molecule has 0 aliphatic heterocycles. The number of allylic oxidation sites excluding steroid dienone is 4. The van der Waals surface area contributed by atoms with E-state index in [0.717, 1.165) is 42.9 Å². The second-order valence-electron chi connectivity index (χ2n) is 10.8. The summed E-state index contributed by atoms with van der Waals surface area (Å²) < 4.78 is 0. The molecule has 5 atom stereocenters. The van der Waals surface area contributed by atoms with E-state index in [0.29, 0.717) is 5.41 Å². The highest BCUT2D eigenvalue weighted by Crippen LogP contribution is 2.59. The van der Waals surface area contributed by atoms with Crippen LogP contribution in [-0.2, 0) is 0 Å². The van der Waals surface area contributed by atoms with Crippen molar-refractivity contribution in [2.24, 2.45) is 29.1 Å². The third kappa shape index (κ3) is 6.08. The van der Waals surface area contributed by atoms with Crippen molar-refractivity contribution in [2.75, 3.05) is 0 Å². The number of hydrogen-bond acceptors (Lipinski definition) is 1. The predicted octanol–water partition coefficient (Wildman–Crippen LogP) is 5.97. The Bertz CT molecular complexity index is 618. The Morgan fingerprint density at radius 3 is 2.50 bits per heavy atom. The minimum atomic E-state index is -0.172. The van der Waals surface area contributed by atoms with E-state index in [-0.39, 0.29) is 17.1 Å². The van der Waals surface area contributed by atoms with E-state index < -0.39 is 0 Å². The highest BCUT2D eigenvalue weighted by atomic mass is 16.3. The van der Waals surface area contributed by atoms with E-state index in [2.05, 4.69) is 46.4 Å². The lowest BCUT2D eigenvalue weighted by molar-refractivity contribution is 0.0929. The molecule has 174 valence electrons. The van der Waals surface area contributed by atoms with Gasteiger partial charge in [-0.3, -0.25) is 0 Å². The maximum absolute atomic E-state index is 10.0. The van der Waals surface area contributed by atoms with Crippen LogP contribution in [0.5, 0.6) is 0 Å². The van der Waals surface area contributed by atoms with Crippen molar-refractivity contribution in [2.45, 2.75) is 104 Å². The fraction of sp³-hybridized carbons (Fsp3) is 0.778. The second kappa shape index (κ2) is 11.6. The minimum absolute atomic E-state index is 0. The normalized spacial score (nSPS) is 35.1. The van der Waals surface area contributed by atoms with Gasteiger partial charge in [-0.1, -0.05) is 76.8 Å². The van der Waals surface area contributed by atoms with Gasteiger partial charge in [0.2, 0.25) is 0 Å². The molecule has 0 saturated heterocycles. The van der Waals surface area contributed by atoms with Gasteiger partial charge in [0.05, 0.1) is 6.10 Å². The number of hydrogen-bond donors (Lipinski definition) is 1. The number of aliphatic hydroxyl groups excluding tert-OH is 1. The average Bonchev–Trinajstić information content (AvgIpc) is 2.99. The molecular weight excluding hydrogens is 372 g/mol. The zero-order chi connectivity index (χ0) is 20.3. The lowest BCUT2D eigenvalue weighted by atomic mass is 9.60. The van der Waals surface area contributed by atoms with Crippen LogP contribution in [0, 0.1) is 29.1 Å². The van der Waals surface area contributed by atoms with Gasteiger partial charge in [-0.25, -0.2) is 0 Å². The van der Waals surface area contributed by atoms with Crippen LogP contribution >= 0.6 is 0 Å². The molecular formula is C27H48O3. The van der Waals surface area contributed by atoms with Crippen LogP contribution < -0.4 is 0 Å². The van der Waals surface area contributed by atoms with Crippen LogP contribution in [0.3, 0.4) is 0 Å². The molecule has 3 heteroatoms. The number of aliphatic hydroxyl groups is 1. The van der Waals surface area contributed by atoms with Crippen molar-refractivity contribution >= 4 is 0 Å². The Morgan fingerprint density at radius 2 is 1.80 bits per heavy atom. The van der Waals surface area contributed by atoms with Gasteiger partial charge in [0.25, 0.3) is 0 Å². The summed E-state index contributed by atoms with van der Waals surface area (Å²) >= 11 is 0. The summed E-state index contributed by atoms with van der Waals surface area (Å²) in [5.74, 6) is 3.37. The first-order chi connectivity index (χ1) is 13.3. The SMILES string of the molecule is C=C1CC[C@H](O)C/C1=C/C=C1\CCC[C@]2(C)[C@@H]([C@H](C)CCCC(C)C)CC[C@@H]12.O.O. The fourth-order valence-corrected chi connectivity index (χ4v) is 6.66. The Kier molecular flexibility index (Phi) is 10.5. The predicted molar refractivity (Wildman–Crippen MR) is 128 cm³/mol. The maximum atomic E-state index is 10.0. The molecule has 3 saturated carbocycles. The molecule has 0 amide bonds. The van der Waals surface area contributed by atoms with Crippen molar-refractivity contribution in [3.8, 4) is 0 Å². The third-order valence-electron chi connectivity index (χ3n) is 8.35. The van der Waals surface area contributed by atoms with Crippen LogP contribution in [0.25, 0.3) is 0 Å². The highest BCUT2D eigenvalue weighted by molar-refractivity contribution is 5.36. The standard InChI is InChI=1S/C27H44O.2H2O/c1-19(2)8-6-9-21(4)25-15-16-26-22(10-7-17-27(25,26)5)12-13-23-18-24(28)14-11-20(23)3;;/h12-13,19,21,24-26,28H,3,6-11,14-18H2,1-2,4-5H3;2*1H2/b22-12+,23-13-;;/t21-,24+,25-,26+,27-;;/m1../s1. The second-order valence-corrected chi connectivity index (χ2v) is 10.8. The third-order valence-corrected chi connectivity index (χ3v) is 8.35. The Labute approximate surface area is 185 Å². The van der Waals surface area contributed by atoms with Crippen LogP contribution in [0.2, 0.25) is 0 Å². The lowest BCUT2D eigenvalue weighted by Gasteiger charge is -2.44. The van der Waals surface area contributed by atoms with Gasteiger partial charge in [0.1, 0.15) is 0 Å². The first-order valence-electron chi connectivity index (χ1n) is 12.1. The number of fused-ring (bicyclic) bond motifs is 1. The zero-order valence-electron chi connectivity index (χ0n) is 20.0. The molecule has 0 spiro atoms. The van der Waals surface area contributed by atoms with E-state index in [1.165, 1.54) is 62.5 Å². The van der Waals surface area contributed by atoms with Crippen molar-refractivity contribution in [1.29, 1.82) is 0 Å². The molecule has 3 aliphatic rings. The van der Waals surface area contributed by atoms with E-state index >= 15 is 0 Å². The summed E-state index contributed by atoms with van der Waals surface area (Å²) in [5, 5.41) is 10.0. The van der Waals surface area contributed by atoms with Crippen molar-refractivity contribution in [3.05, 3.63) is 35.5 Å². The summed E-state index contributed by atoms with van der Waals surface area (Å²) in [6.07, 6.45) is 18.2. The van der Waals surface area contributed by atoms with Gasteiger partial charge in [0.15, 0.2) is 0 Å². The van der Waals surface area contributed by atoms with Gasteiger partial charge in [-0.2, -0.15) is 0 Å². The molecule has 0 aromatic carbocycles. The molecule has 0 aromatic rings. The van der Waals surface area contributed by atoms with Crippen molar-refractivity contribution in [1.82, 2.24) is 0 Å². The van der Waals surface area contributed by atoms with Gasteiger partial charge >= 0.3 is 0 Å². The molecule has 3 rings (SSSR count). The Morgan fingerprint density at radius 1 is 1.07 bits per heavy atom. The van der Waals surface area contributed by atoms with Crippen molar-refractivity contribution < 1.29 is 16.1 Å². The maximum Gasteiger partial charge on any atom is 0.0583 e. The summed E-state index contributed by atoms with van der Waals surface area (Å²) in [6.45, 7) is 14.1. The lowest BCUT2D eigenvalue weighted by Crippen LogP contribution is -2.36. The fourth-order valence-electron chi connectivity index (χ4n) is 6.66. The summed E-state index contributed by atoms with van der Waals surface area (Å²) in [4.78, 5) is 0. The van der Waals surface area contributed by atoms with Gasteiger partial charge in [0, 0.05) is 0 Å². The largest absolute Gasteiger partial charge is 0.412 e. The van der Waals surface area contributed by atoms with Crippen molar-refractivity contribution in [3.63, 3.8) is 0 Å². The average molecular weight is 421 g/mol.